The van der Waals surface area contributed by atoms with Crippen LogP contribution in [0.1, 0.15) is 39.9 Å². The molecule has 0 aromatic carbocycles. The number of hydrogen-bond acceptors (Lipinski definition) is 3. The van der Waals surface area contributed by atoms with E-state index in [-0.39, 0.29) is 5.41 Å². The van der Waals surface area contributed by atoms with E-state index in [1.165, 1.54) is 0 Å². The third-order valence-corrected chi connectivity index (χ3v) is 3.41. The maximum atomic E-state index is 6.35. The summed E-state index contributed by atoms with van der Waals surface area (Å²) in [4.78, 5) is 9.06. The van der Waals surface area contributed by atoms with Gasteiger partial charge in [-0.05, 0) is 6.42 Å². The van der Waals surface area contributed by atoms with Gasteiger partial charge in [-0.3, -0.25) is 0 Å². The molecular formula is C16H25N5. The van der Waals surface area contributed by atoms with Crippen molar-refractivity contribution in [2.75, 3.05) is 5.73 Å². The number of imidazole rings is 2. The Morgan fingerprint density at radius 1 is 1.38 bits per heavy atom. The van der Waals surface area contributed by atoms with E-state index >= 15 is 0 Å². The van der Waals surface area contributed by atoms with E-state index in [0.29, 0.717) is 12.4 Å². The van der Waals surface area contributed by atoms with E-state index < -0.39 is 0 Å². The lowest BCUT2D eigenvalue weighted by atomic mass is 9.95. The minimum atomic E-state index is -0.0784. The lowest BCUT2D eigenvalue weighted by Gasteiger charge is -2.19. The van der Waals surface area contributed by atoms with Crippen molar-refractivity contribution in [2.24, 2.45) is 0 Å². The number of allylic oxidation sites excluding steroid dienone is 1. The summed E-state index contributed by atoms with van der Waals surface area (Å²) >= 11 is 0. The zero-order valence-corrected chi connectivity index (χ0v) is 13.4. The number of rotatable bonds is 5. The van der Waals surface area contributed by atoms with Gasteiger partial charge in [0.25, 0.3) is 0 Å². The Bertz CT molecular complexity index is 628. The van der Waals surface area contributed by atoms with Crippen LogP contribution in [0.2, 0.25) is 0 Å². The summed E-state index contributed by atoms with van der Waals surface area (Å²) in [6, 6.07) is 0. The first-order chi connectivity index (χ1) is 9.90. The topological polar surface area (TPSA) is 61.7 Å². The van der Waals surface area contributed by atoms with Gasteiger partial charge >= 0.3 is 0 Å². The van der Waals surface area contributed by atoms with Crippen molar-refractivity contribution in [2.45, 2.75) is 52.6 Å². The molecule has 0 fully saturated rings. The average molecular weight is 287 g/mol. The van der Waals surface area contributed by atoms with E-state index in [2.05, 4.69) is 43.8 Å². The van der Waals surface area contributed by atoms with Gasteiger partial charge in [-0.15, -0.1) is 6.58 Å². The van der Waals surface area contributed by atoms with Gasteiger partial charge in [0.15, 0.2) is 0 Å². The van der Waals surface area contributed by atoms with Gasteiger partial charge in [0.2, 0.25) is 0 Å². The lowest BCUT2D eigenvalue weighted by Crippen LogP contribution is -2.19. The van der Waals surface area contributed by atoms with Crippen molar-refractivity contribution in [1.82, 2.24) is 19.1 Å². The molecule has 2 aromatic rings. The largest absolute Gasteiger partial charge is 0.383 e. The van der Waals surface area contributed by atoms with E-state index in [1.807, 2.05) is 23.2 Å². The van der Waals surface area contributed by atoms with E-state index in [9.17, 15) is 0 Å². The molecule has 0 radical (unpaired) electrons. The zero-order chi connectivity index (χ0) is 15.6. The molecule has 5 heteroatoms. The van der Waals surface area contributed by atoms with Crippen LogP contribution in [0.5, 0.6) is 0 Å². The number of hydrogen-bond donors (Lipinski definition) is 1. The number of nitrogen functional groups attached to an aromatic ring is 1. The van der Waals surface area contributed by atoms with Crippen molar-refractivity contribution < 1.29 is 0 Å². The monoisotopic (exact) mass is 287 g/mol. The Labute approximate surface area is 126 Å². The third kappa shape index (κ3) is 2.86. The first-order valence-electron chi connectivity index (χ1n) is 7.38. The highest BCUT2D eigenvalue weighted by Crippen LogP contribution is 2.31. The van der Waals surface area contributed by atoms with Crippen molar-refractivity contribution in [3.05, 3.63) is 31.0 Å². The first kappa shape index (κ1) is 15.4. The summed E-state index contributed by atoms with van der Waals surface area (Å²) in [6.07, 6.45) is 6.56. The molecule has 0 spiro atoms. The molecule has 0 unspecified atom stereocenters. The standard InChI is InChI=1S/C16H25N5/c1-6-8-20-11-18-10-12(20)13-14(17)21(9-7-2)15(19-13)16(3,4)5/h7,10-11H,2,6,8-9,17H2,1,3-5H3. The smallest absolute Gasteiger partial charge is 0.133 e. The highest BCUT2D eigenvalue weighted by molar-refractivity contribution is 5.68. The molecule has 0 saturated carbocycles. The van der Waals surface area contributed by atoms with Crippen LogP contribution in [0.15, 0.2) is 25.2 Å². The van der Waals surface area contributed by atoms with Crippen LogP contribution in [0.4, 0.5) is 5.82 Å². The maximum Gasteiger partial charge on any atom is 0.133 e. The van der Waals surface area contributed by atoms with Gasteiger partial charge in [-0.1, -0.05) is 33.8 Å². The number of aryl methyl sites for hydroxylation is 1. The van der Waals surface area contributed by atoms with Gasteiger partial charge in [-0.25, -0.2) is 9.97 Å². The fourth-order valence-corrected chi connectivity index (χ4v) is 2.48. The fraction of sp³-hybridized carbons (Fsp3) is 0.500. The second-order valence-electron chi connectivity index (χ2n) is 6.29. The molecule has 0 aliphatic rings. The Morgan fingerprint density at radius 2 is 2.10 bits per heavy atom. The molecule has 2 heterocycles. The van der Waals surface area contributed by atoms with E-state index in [4.69, 9.17) is 10.7 Å². The maximum absolute atomic E-state index is 6.35. The molecule has 21 heavy (non-hydrogen) atoms. The predicted molar refractivity (Wildman–Crippen MR) is 87.0 cm³/mol. The summed E-state index contributed by atoms with van der Waals surface area (Å²) < 4.78 is 4.13. The Kier molecular flexibility index (Phi) is 4.21. The Balaban J connectivity index is 2.59. The average Bonchev–Trinajstić information content (AvgIpc) is 2.96. The molecule has 0 amide bonds. The molecular weight excluding hydrogens is 262 g/mol. The number of nitrogens with two attached hydrogens (primary N) is 1. The normalized spacial score (nSPS) is 11.8. The molecule has 5 nitrogen and oxygen atoms in total. The number of anilines is 1. The van der Waals surface area contributed by atoms with Crippen LogP contribution in [0.3, 0.4) is 0 Å². The Hall–Kier alpha value is -2.04. The number of aromatic nitrogens is 4. The summed E-state index contributed by atoms with van der Waals surface area (Å²) in [5, 5.41) is 0. The molecule has 2 rings (SSSR count). The quantitative estimate of drug-likeness (QED) is 0.859. The minimum absolute atomic E-state index is 0.0784. The SMILES string of the molecule is C=CCn1c(C(C)(C)C)nc(-c2cncn2CCC)c1N. The van der Waals surface area contributed by atoms with Crippen LogP contribution in [0, 0.1) is 0 Å². The predicted octanol–water partition coefficient (Wildman–Crippen LogP) is 3.22. The van der Waals surface area contributed by atoms with Gasteiger partial charge in [0.05, 0.1) is 18.2 Å². The van der Waals surface area contributed by atoms with Crippen molar-refractivity contribution in [1.29, 1.82) is 0 Å². The first-order valence-corrected chi connectivity index (χ1v) is 7.38. The summed E-state index contributed by atoms with van der Waals surface area (Å²) in [5.41, 5.74) is 8.06. The van der Waals surface area contributed by atoms with Crippen LogP contribution >= 0.6 is 0 Å². The van der Waals surface area contributed by atoms with Crippen LogP contribution in [-0.4, -0.2) is 19.1 Å². The van der Waals surface area contributed by atoms with Crippen molar-refractivity contribution >= 4 is 5.82 Å². The van der Waals surface area contributed by atoms with Gasteiger partial charge in [0, 0.05) is 18.5 Å². The van der Waals surface area contributed by atoms with Gasteiger partial charge < -0.3 is 14.9 Å². The van der Waals surface area contributed by atoms with Crippen molar-refractivity contribution in [3.8, 4) is 11.4 Å². The van der Waals surface area contributed by atoms with Crippen molar-refractivity contribution in [3.63, 3.8) is 0 Å². The molecule has 0 atom stereocenters. The fourth-order valence-electron chi connectivity index (χ4n) is 2.48. The highest BCUT2D eigenvalue weighted by Gasteiger charge is 2.26. The van der Waals surface area contributed by atoms with Crippen LogP contribution < -0.4 is 5.73 Å². The molecule has 0 saturated heterocycles. The third-order valence-electron chi connectivity index (χ3n) is 3.41. The Morgan fingerprint density at radius 3 is 2.67 bits per heavy atom. The van der Waals surface area contributed by atoms with E-state index in [0.717, 1.165) is 30.2 Å². The second kappa shape index (κ2) is 5.76. The second-order valence-corrected chi connectivity index (χ2v) is 6.29. The summed E-state index contributed by atoms with van der Waals surface area (Å²) in [5.74, 6) is 1.65. The molecule has 2 N–H and O–H groups in total. The lowest BCUT2D eigenvalue weighted by molar-refractivity contribution is 0.515. The summed E-state index contributed by atoms with van der Waals surface area (Å²) in [7, 11) is 0. The van der Waals surface area contributed by atoms with E-state index in [1.54, 1.807) is 0 Å². The van der Waals surface area contributed by atoms with Crippen LogP contribution in [0.25, 0.3) is 11.4 Å². The molecule has 114 valence electrons. The summed E-state index contributed by atoms with van der Waals surface area (Å²) in [6.45, 7) is 14.0. The van der Waals surface area contributed by atoms with Gasteiger partial charge in [0.1, 0.15) is 17.3 Å². The zero-order valence-electron chi connectivity index (χ0n) is 13.4. The molecule has 0 aliphatic carbocycles. The molecule has 0 aliphatic heterocycles. The molecule has 2 aromatic heterocycles. The molecule has 0 bridgehead atoms. The minimum Gasteiger partial charge on any atom is -0.383 e. The van der Waals surface area contributed by atoms with Crippen LogP contribution in [-0.2, 0) is 18.5 Å². The number of nitrogens with zero attached hydrogens (tertiary/aromatic N) is 4. The van der Waals surface area contributed by atoms with Gasteiger partial charge in [-0.2, -0.15) is 0 Å². The highest BCUT2D eigenvalue weighted by atomic mass is 15.2.